The van der Waals surface area contributed by atoms with Gasteiger partial charge in [-0.3, -0.25) is 4.79 Å². The van der Waals surface area contributed by atoms with Gasteiger partial charge < -0.3 is 14.8 Å². The average molecular weight is 235 g/mol. The summed E-state index contributed by atoms with van der Waals surface area (Å²) in [5, 5.41) is 2.75. The molecule has 4 heteroatoms. The first-order chi connectivity index (χ1) is 8.06. The van der Waals surface area contributed by atoms with Gasteiger partial charge in [0.25, 0.3) is 0 Å². The van der Waals surface area contributed by atoms with Gasteiger partial charge in [-0.15, -0.1) is 0 Å². The third-order valence-corrected chi connectivity index (χ3v) is 2.09. The Morgan fingerprint density at radius 1 is 1.24 bits per heavy atom. The predicted molar refractivity (Wildman–Crippen MR) is 67.6 cm³/mol. The fourth-order valence-corrected chi connectivity index (χ4v) is 1.33. The zero-order valence-electron chi connectivity index (χ0n) is 10.5. The Morgan fingerprint density at radius 3 is 2.47 bits per heavy atom. The molecule has 0 aliphatic rings. The summed E-state index contributed by atoms with van der Waals surface area (Å²) in [6, 6.07) is 5.23. The van der Waals surface area contributed by atoms with Gasteiger partial charge in [-0.25, -0.2) is 0 Å². The Morgan fingerprint density at radius 2 is 1.94 bits per heavy atom. The van der Waals surface area contributed by atoms with E-state index in [1.165, 1.54) is 6.08 Å². The first-order valence-corrected chi connectivity index (χ1v) is 5.24. The van der Waals surface area contributed by atoms with Crippen LogP contribution in [0.5, 0.6) is 11.5 Å². The largest absolute Gasteiger partial charge is 0.497 e. The van der Waals surface area contributed by atoms with Crippen LogP contribution in [0.25, 0.3) is 0 Å². The first-order valence-electron chi connectivity index (χ1n) is 5.24. The Labute approximate surface area is 101 Å². The van der Waals surface area contributed by atoms with Crippen molar-refractivity contribution < 1.29 is 14.3 Å². The van der Waals surface area contributed by atoms with Crippen molar-refractivity contribution in [3.8, 4) is 11.5 Å². The van der Waals surface area contributed by atoms with Crippen LogP contribution in [0.15, 0.2) is 29.8 Å². The van der Waals surface area contributed by atoms with Gasteiger partial charge in [-0.05, 0) is 26.0 Å². The van der Waals surface area contributed by atoms with Gasteiger partial charge in [-0.2, -0.15) is 0 Å². The Kier molecular flexibility index (Phi) is 4.57. The number of carbonyl (C=O) groups excluding carboxylic acids is 1. The van der Waals surface area contributed by atoms with E-state index >= 15 is 0 Å². The van der Waals surface area contributed by atoms with E-state index in [2.05, 4.69) is 5.32 Å². The van der Waals surface area contributed by atoms with Crippen LogP contribution in [0, 0.1) is 0 Å². The second-order valence-corrected chi connectivity index (χ2v) is 3.78. The van der Waals surface area contributed by atoms with Crippen LogP contribution >= 0.6 is 0 Å². The van der Waals surface area contributed by atoms with E-state index < -0.39 is 0 Å². The molecule has 0 aliphatic carbocycles. The summed E-state index contributed by atoms with van der Waals surface area (Å²) in [5.74, 6) is 1.08. The number of benzene rings is 1. The predicted octanol–water partition coefficient (Wildman–Crippen LogP) is 2.61. The molecule has 0 fully saturated rings. The molecule has 0 saturated carbocycles. The zero-order valence-corrected chi connectivity index (χ0v) is 10.5. The normalized spacial score (nSPS) is 9.41. The third-order valence-electron chi connectivity index (χ3n) is 2.09. The van der Waals surface area contributed by atoms with Crippen molar-refractivity contribution in [3.05, 3.63) is 29.8 Å². The molecule has 1 rings (SSSR count). The minimum atomic E-state index is -0.173. The van der Waals surface area contributed by atoms with E-state index in [1.54, 1.807) is 32.4 Å². The van der Waals surface area contributed by atoms with Crippen LogP contribution in [0.1, 0.15) is 13.8 Å². The van der Waals surface area contributed by atoms with Crippen molar-refractivity contribution in [3.63, 3.8) is 0 Å². The maximum atomic E-state index is 11.6. The van der Waals surface area contributed by atoms with E-state index in [1.807, 2.05) is 13.8 Å². The van der Waals surface area contributed by atoms with Crippen LogP contribution < -0.4 is 14.8 Å². The molecular weight excluding hydrogens is 218 g/mol. The highest BCUT2D eigenvalue weighted by Crippen LogP contribution is 2.28. The third kappa shape index (κ3) is 3.83. The molecule has 4 nitrogen and oxygen atoms in total. The van der Waals surface area contributed by atoms with Crippen molar-refractivity contribution in [1.82, 2.24) is 0 Å². The topological polar surface area (TPSA) is 47.6 Å². The van der Waals surface area contributed by atoms with Gasteiger partial charge >= 0.3 is 0 Å². The number of ether oxygens (including phenoxy) is 2. The molecule has 0 saturated heterocycles. The van der Waals surface area contributed by atoms with Gasteiger partial charge in [0.05, 0.1) is 19.9 Å². The van der Waals surface area contributed by atoms with E-state index in [0.29, 0.717) is 17.2 Å². The summed E-state index contributed by atoms with van der Waals surface area (Å²) in [7, 11) is 3.13. The maximum absolute atomic E-state index is 11.6. The highest BCUT2D eigenvalue weighted by Gasteiger charge is 2.07. The second-order valence-electron chi connectivity index (χ2n) is 3.78. The molecule has 0 unspecified atom stereocenters. The fraction of sp³-hybridized carbons (Fsp3) is 0.308. The molecule has 0 heterocycles. The molecule has 0 aliphatic heterocycles. The smallest absolute Gasteiger partial charge is 0.248 e. The minimum Gasteiger partial charge on any atom is -0.497 e. The molecule has 17 heavy (non-hydrogen) atoms. The summed E-state index contributed by atoms with van der Waals surface area (Å²) in [4.78, 5) is 11.6. The Balaban J connectivity index is 2.91. The zero-order chi connectivity index (χ0) is 12.8. The number of carbonyl (C=O) groups is 1. The SMILES string of the molecule is COc1ccc(NC(=O)C=C(C)C)c(OC)c1. The molecule has 1 aromatic carbocycles. The highest BCUT2D eigenvalue weighted by molar-refractivity contribution is 6.00. The summed E-state index contributed by atoms with van der Waals surface area (Å²) in [6.45, 7) is 3.73. The fourth-order valence-electron chi connectivity index (χ4n) is 1.33. The lowest BCUT2D eigenvalue weighted by Crippen LogP contribution is -2.09. The van der Waals surface area contributed by atoms with Crippen LogP contribution in [0.3, 0.4) is 0 Å². The van der Waals surface area contributed by atoms with Gasteiger partial charge in [-0.1, -0.05) is 5.57 Å². The lowest BCUT2D eigenvalue weighted by Gasteiger charge is -2.10. The molecule has 1 N–H and O–H groups in total. The number of amides is 1. The number of nitrogens with one attached hydrogen (secondary N) is 1. The lowest BCUT2D eigenvalue weighted by molar-refractivity contribution is -0.112. The van der Waals surface area contributed by atoms with Crippen molar-refractivity contribution in [1.29, 1.82) is 0 Å². The van der Waals surface area contributed by atoms with E-state index in [4.69, 9.17) is 9.47 Å². The van der Waals surface area contributed by atoms with Gasteiger partial charge in [0.15, 0.2) is 0 Å². The van der Waals surface area contributed by atoms with Gasteiger partial charge in [0.1, 0.15) is 11.5 Å². The molecule has 92 valence electrons. The second kappa shape index (κ2) is 5.94. The molecule has 1 aromatic rings. The highest BCUT2D eigenvalue weighted by atomic mass is 16.5. The average Bonchev–Trinajstić information content (AvgIpc) is 2.28. The van der Waals surface area contributed by atoms with Crippen LogP contribution in [-0.4, -0.2) is 20.1 Å². The molecule has 0 aromatic heterocycles. The van der Waals surface area contributed by atoms with E-state index in [-0.39, 0.29) is 5.91 Å². The molecular formula is C13H17NO3. The Hall–Kier alpha value is -1.97. The number of hydrogen-bond acceptors (Lipinski definition) is 3. The molecule has 1 amide bonds. The molecule has 0 atom stereocenters. The monoisotopic (exact) mass is 235 g/mol. The van der Waals surface area contributed by atoms with Crippen LogP contribution in [-0.2, 0) is 4.79 Å². The van der Waals surface area contributed by atoms with E-state index in [0.717, 1.165) is 5.57 Å². The molecule has 0 bridgehead atoms. The molecule has 0 radical (unpaired) electrons. The first kappa shape index (κ1) is 13.1. The molecule has 0 spiro atoms. The number of hydrogen-bond donors (Lipinski definition) is 1. The maximum Gasteiger partial charge on any atom is 0.248 e. The van der Waals surface area contributed by atoms with Crippen molar-refractivity contribution >= 4 is 11.6 Å². The number of rotatable bonds is 4. The lowest BCUT2D eigenvalue weighted by atomic mass is 10.2. The van der Waals surface area contributed by atoms with Crippen molar-refractivity contribution in [2.45, 2.75) is 13.8 Å². The summed E-state index contributed by atoms with van der Waals surface area (Å²) in [6.07, 6.45) is 1.53. The summed E-state index contributed by atoms with van der Waals surface area (Å²) >= 11 is 0. The van der Waals surface area contributed by atoms with Crippen molar-refractivity contribution in [2.75, 3.05) is 19.5 Å². The standard InChI is InChI=1S/C13H17NO3/c1-9(2)7-13(15)14-11-6-5-10(16-3)8-12(11)17-4/h5-8H,1-4H3,(H,14,15). The summed E-state index contributed by atoms with van der Waals surface area (Å²) in [5.41, 5.74) is 1.56. The summed E-state index contributed by atoms with van der Waals surface area (Å²) < 4.78 is 10.3. The van der Waals surface area contributed by atoms with Crippen LogP contribution in [0.2, 0.25) is 0 Å². The quantitative estimate of drug-likeness (QED) is 0.816. The van der Waals surface area contributed by atoms with Crippen molar-refractivity contribution in [2.24, 2.45) is 0 Å². The van der Waals surface area contributed by atoms with Crippen LogP contribution in [0.4, 0.5) is 5.69 Å². The van der Waals surface area contributed by atoms with Gasteiger partial charge in [0.2, 0.25) is 5.91 Å². The number of methoxy groups -OCH3 is 2. The number of allylic oxidation sites excluding steroid dienone is 1. The minimum absolute atomic E-state index is 0.173. The van der Waals surface area contributed by atoms with E-state index in [9.17, 15) is 4.79 Å². The van der Waals surface area contributed by atoms with Gasteiger partial charge in [0, 0.05) is 12.1 Å². The Bertz CT molecular complexity index is 434. The number of anilines is 1.